The van der Waals surface area contributed by atoms with Crippen LogP contribution in [-0.2, 0) is 0 Å². The molecule has 0 aromatic heterocycles. The van der Waals surface area contributed by atoms with Crippen LogP contribution >= 0.6 is 0 Å². The maximum absolute atomic E-state index is 3.49. The average Bonchev–Trinajstić information content (AvgIpc) is 2.30. The summed E-state index contributed by atoms with van der Waals surface area (Å²) >= 11 is 0. The Balaban J connectivity index is 1.98. The summed E-state index contributed by atoms with van der Waals surface area (Å²) in [5, 5.41) is 3.49. The van der Waals surface area contributed by atoms with Gasteiger partial charge in [0.05, 0.1) is 0 Å². The SMILES string of the molecule is CN1CC[C@]2(CCCNCC2)C1. The molecule has 2 nitrogen and oxygen atoms in total. The minimum absolute atomic E-state index is 0.693. The van der Waals surface area contributed by atoms with E-state index >= 15 is 0 Å². The molecule has 1 atom stereocenters. The summed E-state index contributed by atoms with van der Waals surface area (Å²) in [5.74, 6) is 0. The molecule has 12 heavy (non-hydrogen) atoms. The van der Waals surface area contributed by atoms with Crippen molar-refractivity contribution >= 4 is 0 Å². The van der Waals surface area contributed by atoms with E-state index in [0.29, 0.717) is 5.41 Å². The van der Waals surface area contributed by atoms with Crippen LogP contribution in [0.1, 0.15) is 25.7 Å². The zero-order valence-electron chi connectivity index (χ0n) is 8.10. The van der Waals surface area contributed by atoms with E-state index in [2.05, 4.69) is 17.3 Å². The van der Waals surface area contributed by atoms with Crippen molar-refractivity contribution in [3.8, 4) is 0 Å². The van der Waals surface area contributed by atoms with Gasteiger partial charge in [0.25, 0.3) is 0 Å². The Morgan fingerprint density at radius 1 is 1.17 bits per heavy atom. The Labute approximate surface area is 75.3 Å². The first-order valence-corrected chi connectivity index (χ1v) is 5.20. The maximum atomic E-state index is 3.49. The van der Waals surface area contributed by atoms with Crippen LogP contribution in [0.15, 0.2) is 0 Å². The maximum Gasteiger partial charge on any atom is 0.00359 e. The number of nitrogens with one attached hydrogen (secondary N) is 1. The van der Waals surface area contributed by atoms with Gasteiger partial charge in [-0.05, 0) is 57.8 Å². The standard InChI is InChI=1S/C10H20N2/c1-12-8-5-10(9-12)3-2-6-11-7-4-10/h11H,2-9H2,1H3/t10-/m1/s1. The molecule has 2 aliphatic rings. The number of rotatable bonds is 0. The van der Waals surface area contributed by atoms with E-state index in [4.69, 9.17) is 0 Å². The number of hydrogen-bond donors (Lipinski definition) is 1. The second-order valence-corrected chi connectivity index (χ2v) is 4.59. The largest absolute Gasteiger partial charge is 0.317 e. The fraction of sp³-hybridized carbons (Fsp3) is 1.00. The molecule has 2 heteroatoms. The molecule has 0 aromatic carbocycles. The first-order chi connectivity index (χ1) is 5.81. The Bertz CT molecular complexity index is 148. The van der Waals surface area contributed by atoms with E-state index in [1.54, 1.807) is 0 Å². The van der Waals surface area contributed by atoms with Gasteiger partial charge in [-0.15, -0.1) is 0 Å². The minimum Gasteiger partial charge on any atom is -0.317 e. The van der Waals surface area contributed by atoms with Crippen molar-refractivity contribution in [2.75, 3.05) is 33.2 Å². The van der Waals surface area contributed by atoms with Gasteiger partial charge < -0.3 is 10.2 Å². The second-order valence-electron chi connectivity index (χ2n) is 4.59. The molecule has 0 aliphatic carbocycles. The molecule has 2 fully saturated rings. The third kappa shape index (κ3) is 1.64. The van der Waals surface area contributed by atoms with E-state index in [9.17, 15) is 0 Å². The molecule has 1 spiro atoms. The topological polar surface area (TPSA) is 15.3 Å². The molecule has 2 aliphatic heterocycles. The Hall–Kier alpha value is -0.0800. The summed E-state index contributed by atoms with van der Waals surface area (Å²) in [6, 6.07) is 0. The second kappa shape index (κ2) is 3.35. The highest BCUT2D eigenvalue weighted by Gasteiger charge is 2.36. The first-order valence-electron chi connectivity index (χ1n) is 5.20. The summed E-state index contributed by atoms with van der Waals surface area (Å²) < 4.78 is 0. The van der Waals surface area contributed by atoms with Crippen molar-refractivity contribution in [3.63, 3.8) is 0 Å². The smallest absolute Gasteiger partial charge is 0.00359 e. The lowest BCUT2D eigenvalue weighted by atomic mass is 9.80. The lowest BCUT2D eigenvalue weighted by Gasteiger charge is -2.26. The fourth-order valence-corrected chi connectivity index (χ4v) is 2.76. The molecular formula is C10H20N2. The van der Waals surface area contributed by atoms with Crippen LogP contribution in [-0.4, -0.2) is 38.1 Å². The number of nitrogens with zero attached hydrogens (tertiary/aromatic N) is 1. The molecule has 2 saturated heterocycles. The van der Waals surface area contributed by atoms with Crippen LogP contribution in [0.3, 0.4) is 0 Å². The van der Waals surface area contributed by atoms with Crippen LogP contribution in [0.4, 0.5) is 0 Å². The first kappa shape index (κ1) is 8.52. The van der Waals surface area contributed by atoms with Gasteiger partial charge in [0.1, 0.15) is 0 Å². The molecule has 2 heterocycles. The van der Waals surface area contributed by atoms with Crippen LogP contribution < -0.4 is 5.32 Å². The van der Waals surface area contributed by atoms with Crippen molar-refractivity contribution in [1.82, 2.24) is 10.2 Å². The van der Waals surface area contributed by atoms with E-state index in [0.717, 1.165) is 0 Å². The summed E-state index contributed by atoms with van der Waals surface area (Å²) in [4.78, 5) is 2.49. The Morgan fingerprint density at radius 2 is 2.08 bits per heavy atom. The van der Waals surface area contributed by atoms with Crippen molar-refractivity contribution in [2.24, 2.45) is 5.41 Å². The number of likely N-dealkylation sites (tertiary alicyclic amines) is 1. The minimum atomic E-state index is 0.693. The molecule has 0 aromatic rings. The zero-order valence-corrected chi connectivity index (χ0v) is 8.10. The van der Waals surface area contributed by atoms with Gasteiger partial charge in [0.2, 0.25) is 0 Å². The van der Waals surface area contributed by atoms with Crippen molar-refractivity contribution in [1.29, 1.82) is 0 Å². The summed E-state index contributed by atoms with van der Waals surface area (Å²) in [6.45, 7) is 5.15. The summed E-state index contributed by atoms with van der Waals surface area (Å²) in [6.07, 6.45) is 5.67. The molecule has 0 radical (unpaired) electrons. The average molecular weight is 168 g/mol. The number of hydrogen-bond acceptors (Lipinski definition) is 2. The molecule has 2 rings (SSSR count). The molecule has 0 unspecified atom stereocenters. The molecular weight excluding hydrogens is 148 g/mol. The van der Waals surface area contributed by atoms with Gasteiger partial charge in [-0.1, -0.05) is 0 Å². The van der Waals surface area contributed by atoms with Gasteiger partial charge in [-0.25, -0.2) is 0 Å². The predicted octanol–water partition coefficient (Wildman–Crippen LogP) is 1.08. The van der Waals surface area contributed by atoms with Gasteiger partial charge in [0, 0.05) is 6.54 Å². The van der Waals surface area contributed by atoms with Crippen LogP contribution in [0.2, 0.25) is 0 Å². The van der Waals surface area contributed by atoms with Crippen molar-refractivity contribution in [3.05, 3.63) is 0 Å². The Kier molecular flexibility index (Phi) is 2.37. The highest BCUT2D eigenvalue weighted by molar-refractivity contribution is 4.90. The molecule has 0 amide bonds. The van der Waals surface area contributed by atoms with E-state index in [1.807, 2.05) is 0 Å². The van der Waals surface area contributed by atoms with Crippen LogP contribution in [0, 0.1) is 5.41 Å². The predicted molar refractivity (Wildman–Crippen MR) is 51.3 cm³/mol. The quantitative estimate of drug-likeness (QED) is 0.582. The van der Waals surface area contributed by atoms with Crippen LogP contribution in [0.5, 0.6) is 0 Å². The normalized spacial score (nSPS) is 38.8. The van der Waals surface area contributed by atoms with Gasteiger partial charge in [-0.3, -0.25) is 0 Å². The third-order valence-electron chi connectivity index (χ3n) is 3.52. The molecule has 70 valence electrons. The third-order valence-corrected chi connectivity index (χ3v) is 3.52. The highest BCUT2D eigenvalue weighted by atomic mass is 15.1. The molecule has 0 bridgehead atoms. The van der Waals surface area contributed by atoms with Gasteiger partial charge in [0.15, 0.2) is 0 Å². The van der Waals surface area contributed by atoms with E-state index in [-0.39, 0.29) is 0 Å². The van der Waals surface area contributed by atoms with Crippen molar-refractivity contribution in [2.45, 2.75) is 25.7 Å². The highest BCUT2D eigenvalue weighted by Crippen LogP contribution is 2.38. The summed E-state index contributed by atoms with van der Waals surface area (Å²) in [5.41, 5.74) is 0.693. The van der Waals surface area contributed by atoms with E-state index < -0.39 is 0 Å². The van der Waals surface area contributed by atoms with Gasteiger partial charge in [-0.2, -0.15) is 0 Å². The summed E-state index contributed by atoms with van der Waals surface area (Å²) in [7, 11) is 2.26. The van der Waals surface area contributed by atoms with E-state index in [1.165, 1.54) is 51.9 Å². The molecule has 1 N–H and O–H groups in total. The molecule has 0 saturated carbocycles. The zero-order chi connectivity index (χ0) is 8.44. The Morgan fingerprint density at radius 3 is 2.83 bits per heavy atom. The van der Waals surface area contributed by atoms with Gasteiger partial charge >= 0.3 is 0 Å². The van der Waals surface area contributed by atoms with Crippen molar-refractivity contribution < 1.29 is 0 Å². The lowest BCUT2D eigenvalue weighted by Crippen LogP contribution is -2.26. The fourth-order valence-electron chi connectivity index (χ4n) is 2.76. The lowest BCUT2D eigenvalue weighted by molar-refractivity contribution is 0.252. The monoisotopic (exact) mass is 168 g/mol. The van der Waals surface area contributed by atoms with Crippen LogP contribution in [0.25, 0.3) is 0 Å².